The van der Waals surface area contributed by atoms with E-state index in [2.05, 4.69) is 4.98 Å². The third-order valence-electron chi connectivity index (χ3n) is 7.75. The van der Waals surface area contributed by atoms with Crippen LogP contribution >= 0.6 is 0 Å². The lowest BCUT2D eigenvalue weighted by Gasteiger charge is -2.32. The number of amides is 1. The third-order valence-corrected chi connectivity index (χ3v) is 7.75. The van der Waals surface area contributed by atoms with E-state index in [1.165, 1.54) is 43.7 Å². The van der Waals surface area contributed by atoms with Crippen LogP contribution in [-0.4, -0.2) is 48.7 Å². The molecule has 2 aromatic rings. The molecule has 0 aromatic carbocycles. The minimum Gasteiger partial charge on any atom is -0.461 e. The summed E-state index contributed by atoms with van der Waals surface area (Å²) in [5, 5.41) is 0. The zero-order valence-corrected chi connectivity index (χ0v) is 19.8. The molecule has 9 heteroatoms. The Morgan fingerprint density at radius 3 is 2.33 bits per heavy atom. The summed E-state index contributed by atoms with van der Waals surface area (Å²) in [6.45, 7) is 2.05. The van der Waals surface area contributed by atoms with Crippen molar-refractivity contribution in [3.63, 3.8) is 0 Å². The van der Waals surface area contributed by atoms with Crippen LogP contribution in [0, 0.1) is 11.8 Å². The predicted octanol–water partition coefficient (Wildman–Crippen LogP) is 2.18. The molecule has 9 nitrogen and oxygen atoms in total. The first-order chi connectivity index (χ1) is 15.9. The van der Waals surface area contributed by atoms with Crippen LogP contribution in [0.1, 0.15) is 64.2 Å². The number of hydrogen-bond acceptors (Lipinski definition) is 5. The van der Waals surface area contributed by atoms with E-state index in [0.29, 0.717) is 42.7 Å². The fourth-order valence-corrected chi connectivity index (χ4v) is 5.44. The Kier molecular flexibility index (Phi) is 6.05. The summed E-state index contributed by atoms with van der Waals surface area (Å²) >= 11 is 0. The average Bonchev–Trinajstić information content (AvgIpc) is 3.63. The Balaban J connectivity index is 1.40. The summed E-state index contributed by atoms with van der Waals surface area (Å²) < 4.78 is 10.8. The van der Waals surface area contributed by atoms with Gasteiger partial charge in [-0.1, -0.05) is 32.1 Å². The molecule has 1 saturated heterocycles. The van der Waals surface area contributed by atoms with Gasteiger partial charge < -0.3 is 9.64 Å². The molecule has 0 spiro atoms. The van der Waals surface area contributed by atoms with Gasteiger partial charge in [0.25, 0.3) is 11.6 Å². The molecule has 0 bridgehead atoms. The van der Waals surface area contributed by atoms with Gasteiger partial charge in [-0.3, -0.25) is 23.3 Å². The lowest BCUT2D eigenvalue weighted by atomic mass is 9.87. The molecule has 3 heterocycles. The Bertz CT molecular complexity index is 1140. The van der Waals surface area contributed by atoms with Crippen molar-refractivity contribution in [2.45, 2.75) is 76.9 Å². The molecule has 180 valence electrons. The Morgan fingerprint density at radius 2 is 1.67 bits per heavy atom. The zero-order chi connectivity index (χ0) is 23.1. The summed E-state index contributed by atoms with van der Waals surface area (Å²) in [4.78, 5) is 44.5. The highest BCUT2D eigenvalue weighted by Crippen LogP contribution is 2.33. The van der Waals surface area contributed by atoms with Crippen LogP contribution < -0.4 is 16.0 Å². The molecule has 0 N–H and O–H groups in total. The molecule has 3 aliphatic rings. The molecule has 3 fully saturated rings. The van der Waals surface area contributed by atoms with Crippen molar-refractivity contribution in [2.75, 3.05) is 13.1 Å². The number of aromatic nitrogens is 4. The van der Waals surface area contributed by atoms with Gasteiger partial charge in [-0.2, -0.15) is 4.98 Å². The molecule has 5 rings (SSSR count). The summed E-state index contributed by atoms with van der Waals surface area (Å²) in [7, 11) is 3.16. The molecule has 2 saturated carbocycles. The molecule has 0 unspecified atom stereocenters. The second kappa shape index (κ2) is 8.99. The Morgan fingerprint density at radius 1 is 0.970 bits per heavy atom. The largest absolute Gasteiger partial charge is 0.461 e. The highest BCUT2D eigenvalue weighted by atomic mass is 16.5. The molecular formula is C24H35N5O4. The van der Waals surface area contributed by atoms with E-state index < -0.39 is 0 Å². The van der Waals surface area contributed by atoms with E-state index in [0.717, 1.165) is 36.7 Å². The summed E-state index contributed by atoms with van der Waals surface area (Å²) in [5.74, 6) is 1.17. The molecule has 0 atom stereocenters. The number of ether oxygens (including phenoxy) is 1. The van der Waals surface area contributed by atoms with Crippen LogP contribution in [0.15, 0.2) is 9.59 Å². The Labute approximate surface area is 193 Å². The number of hydrogen-bond donors (Lipinski definition) is 0. The quantitative estimate of drug-likeness (QED) is 0.663. The highest BCUT2D eigenvalue weighted by molar-refractivity contribution is 5.81. The summed E-state index contributed by atoms with van der Waals surface area (Å²) in [5.41, 5.74) is 0.0988. The predicted molar refractivity (Wildman–Crippen MR) is 124 cm³/mol. The number of piperidine rings is 1. The topological polar surface area (TPSA) is 91.4 Å². The minimum atomic E-state index is -0.386. The van der Waals surface area contributed by atoms with E-state index in [9.17, 15) is 14.4 Å². The number of rotatable bonds is 6. The molecule has 1 amide bonds. The molecule has 33 heavy (non-hydrogen) atoms. The zero-order valence-electron chi connectivity index (χ0n) is 19.8. The number of nitrogens with zero attached hydrogens (tertiary/aromatic N) is 5. The summed E-state index contributed by atoms with van der Waals surface area (Å²) in [6.07, 6.45) is 10.8. The van der Waals surface area contributed by atoms with E-state index in [1.807, 2.05) is 9.47 Å². The number of aryl methyl sites for hydroxylation is 2. The van der Waals surface area contributed by atoms with Gasteiger partial charge in [0.15, 0.2) is 11.2 Å². The van der Waals surface area contributed by atoms with E-state index in [-0.39, 0.29) is 29.2 Å². The normalized spacial score (nSPS) is 20.5. The van der Waals surface area contributed by atoms with Crippen LogP contribution in [0.25, 0.3) is 11.2 Å². The average molecular weight is 458 g/mol. The lowest BCUT2D eigenvalue weighted by molar-refractivity contribution is -0.134. The second-order valence-corrected chi connectivity index (χ2v) is 10.1. The number of likely N-dealkylation sites (tertiary alicyclic amines) is 1. The van der Waals surface area contributed by atoms with Gasteiger partial charge in [-0.05, 0) is 25.2 Å². The minimum absolute atomic E-state index is 0.0561. The third kappa shape index (κ3) is 4.34. The SMILES string of the molecule is Cn1c(=O)c2c(nc(OC3CCN(C(=O)C4CC4)CC3)n2CCC2CCCCC2)n(C)c1=O. The standard InChI is InChI=1S/C24H35N5O4/c1-26-20-19(22(31)27(2)24(26)32)29(15-10-16-6-4-3-5-7-16)23(25-20)33-18-11-13-28(14-12-18)21(30)17-8-9-17/h16-18H,3-15H2,1-2H3. The van der Waals surface area contributed by atoms with Crippen molar-refractivity contribution in [3.8, 4) is 6.01 Å². The molecular weight excluding hydrogens is 422 g/mol. The van der Waals surface area contributed by atoms with E-state index in [4.69, 9.17) is 4.74 Å². The molecule has 2 aromatic heterocycles. The lowest BCUT2D eigenvalue weighted by Crippen LogP contribution is -2.42. The van der Waals surface area contributed by atoms with E-state index in [1.54, 1.807) is 7.05 Å². The molecule has 1 aliphatic heterocycles. The maximum atomic E-state index is 13.1. The van der Waals surface area contributed by atoms with Crippen molar-refractivity contribution in [2.24, 2.45) is 25.9 Å². The van der Waals surface area contributed by atoms with Crippen molar-refractivity contribution in [3.05, 3.63) is 20.8 Å². The van der Waals surface area contributed by atoms with Gasteiger partial charge in [0.2, 0.25) is 5.91 Å². The van der Waals surface area contributed by atoms with Gasteiger partial charge in [0.05, 0.1) is 0 Å². The maximum absolute atomic E-state index is 13.1. The maximum Gasteiger partial charge on any atom is 0.332 e. The van der Waals surface area contributed by atoms with Crippen molar-refractivity contribution >= 4 is 17.1 Å². The van der Waals surface area contributed by atoms with Crippen molar-refractivity contribution in [1.82, 2.24) is 23.6 Å². The number of imidazole rings is 1. The summed E-state index contributed by atoms with van der Waals surface area (Å²) in [6, 6.07) is 0.422. The number of carbonyl (C=O) groups excluding carboxylic acids is 1. The molecule has 0 radical (unpaired) electrons. The number of fused-ring (bicyclic) bond motifs is 1. The van der Waals surface area contributed by atoms with Crippen LogP contribution in [0.3, 0.4) is 0 Å². The number of carbonyl (C=O) groups is 1. The second-order valence-electron chi connectivity index (χ2n) is 10.1. The van der Waals surface area contributed by atoms with Crippen LogP contribution in [0.4, 0.5) is 0 Å². The first kappa shape index (κ1) is 22.2. The molecule has 2 aliphatic carbocycles. The fraction of sp³-hybridized carbons (Fsp3) is 0.750. The van der Waals surface area contributed by atoms with Gasteiger partial charge in [0, 0.05) is 52.5 Å². The van der Waals surface area contributed by atoms with Gasteiger partial charge in [0.1, 0.15) is 6.10 Å². The van der Waals surface area contributed by atoms with Crippen LogP contribution in [0.5, 0.6) is 6.01 Å². The van der Waals surface area contributed by atoms with Crippen molar-refractivity contribution < 1.29 is 9.53 Å². The Hall–Kier alpha value is -2.58. The van der Waals surface area contributed by atoms with Crippen LogP contribution in [0.2, 0.25) is 0 Å². The van der Waals surface area contributed by atoms with Gasteiger partial charge in [-0.25, -0.2) is 4.79 Å². The van der Waals surface area contributed by atoms with Gasteiger partial charge in [-0.15, -0.1) is 0 Å². The van der Waals surface area contributed by atoms with Crippen molar-refractivity contribution in [1.29, 1.82) is 0 Å². The van der Waals surface area contributed by atoms with Gasteiger partial charge >= 0.3 is 5.69 Å². The first-order valence-electron chi connectivity index (χ1n) is 12.6. The monoisotopic (exact) mass is 457 g/mol. The highest BCUT2D eigenvalue weighted by Gasteiger charge is 2.35. The fourth-order valence-electron chi connectivity index (χ4n) is 5.44. The smallest absolute Gasteiger partial charge is 0.332 e. The van der Waals surface area contributed by atoms with Crippen LogP contribution in [-0.2, 0) is 25.4 Å². The first-order valence-corrected chi connectivity index (χ1v) is 12.6. The van der Waals surface area contributed by atoms with E-state index >= 15 is 0 Å².